The number of rotatable bonds is 4. The summed E-state index contributed by atoms with van der Waals surface area (Å²) >= 11 is 1.12. The van der Waals surface area contributed by atoms with Crippen LogP contribution in [0.2, 0.25) is 0 Å². The van der Waals surface area contributed by atoms with Crippen LogP contribution in [0.25, 0.3) is 10.2 Å². The van der Waals surface area contributed by atoms with Crippen molar-refractivity contribution in [3.05, 3.63) is 50.4 Å². The van der Waals surface area contributed by atoms with Gasteiger partial charge in [-0.25, -0.2) is 4.98 Å². The molecule has 0 bridgehead atoms. The third kappa shape index (κ3) is 3.43. The second-order valence-corrected chi connectivity index (χ2v) is 7.55. The number of thiophene rings is 1. The van der Waals surface area contributed by atoms with Crippen LogP contribution < -0.4 is 26.7 Å². The number of ether oxygens (including phenoxy) is 1. The quantitative estimate of drug-likeness (QED) is 0.492. The molecule has 0 saturated heterocycles. The average molecular weight is 413 g/mol. The van der Waals surface area contributed by atoms with Crippen molar-refractivity contribution in [2.45, 2.75) is 13.5 Å². The summed E-state index contributed by atoms with van der Waals surface area (Å²) in [5.41, 5.74) is 6.08. The lowest BCUT2D eigenvalue weighted by Gasteiger charge is -2.18. The molecule has 0 saturated carbocycles. The van der Waals surface area contributed by atoms with Gasteiger partial charge in [-0.2, -0.15) is 0 Å². The number of carbonyl (C=O) groups is 3. The summed E-state index contributed by atoms with van der Waals surface area (Å²) in [7, 11) is 0. The number of aromatic amines is 1. The molecule has 11 heteroatoms. The van der Waals surface area contributed by atoms with E-state index >= 15 is 0 Å². The van der Waals surface area contributed by atoms with Crippen LogP contribution >= 0.6 is 11.3 Å². The van der Waals surface area contributed by atoms with E-state index < -0.39 is 17.4 Å². The number of amides is 3. The highest BCUT2D eigenvalue weighted by Gasteiger charge is 2.21. The van der Waals surface area contributed by atoms with Crippen molar-refractivity contribution in [1.82, 2.24) is 15.3 Å². The number of nitrogens with one attached hydrogen (secondary N) is 3. The molecule has 3 amide bonds. The smallest absolute Gasteiger partial charge is 0.287 e. The van der Waals surface area contributed by atoms with Gasteiger partial charge in [0.2, 0.25) is 5.82 Å². The zero-order valence-electron chi connectivity index (χ0n) is 15.1. The van der Waals surface area contributed by atoms with Crippen LogP contribution in [-0.2, 0) is 11.3 Å². The summed E-state index contributed by atoms with van der Waals surface area (Å²) in [5.74, 6) is -1.19. The lowest BCUT2D eigenvalue weighted by atomic mass is 10.1. The Morgan fingerprint density at radius 2 is 2.14 bits per heavy atom. The minimum absolute atomic E-state index is 0.0374. The highest BCUT2D eigenvalue weighted by molar-refractivity contribution is 7.19. The van der Waals surface area contributed by atoms with Crippen LogP contribution in [-0.4, -0.2) is 34.3 Å². The summed E-state index contributed by atoms with van der Waals surface area (Å²) in [6.07, 6.45) is 0. The van der Waals surface area contributed by atoms with Crippen LogP contribution in [0.3, 0.4) is 0 Å². The fraction of sp³-hybridized carbons (Fsp3) is 0.167. The van der Waals surface area contributed by atoms with Gasteiger partial charge in [-0.3, -0.25) is 19.2 Å². The average Bonchev–Trinajstić information content (AvgIpc) is 3.02. The second-order valence-electron chi connectivity index (χ2n) is 6.34. The Bertz CT molecular complexity index is 1250. The van der Waals surface area contributed by atoms with Gasteiger partial charge >= 0.3 is 0 Å². The Balaban J connectivity index is 1.55. The molecule has 1 aliphatic heterocycles. The van der Waals surface area contributed by atoms with Crippen molar-refractivity contribution < 1.29 is 19.1 Å². The highest BCUT2D eigenvalue weighted by atomic mass is 32.1. The molecular formula is C18H15N5O5S. The lowest BCUT2D eigenvalue weighted by molar-refractivity contribution is -0.118. The molecule has 0 aliphatic carbocycles. The molecule has 3 aromatic rings. The van der Waals surface area contributed by atoms with E-state index in [0.717, 1.165) is 11.3 Å². The Morgan fingerprint density at radius 1 is 1.34 bits per heavy atom. The molecule has 0 radical (unpaired) electrons. The number of H-pyrrole nitrogens is 1. The molecule has 0 unspecified atom stereocenters. The maximum Gasteiger partial charge on any atom is 0.287 e. The van der Waals surface area contributed by atoms with E-state index in [1.165, 1.54) is 0 Å². The number of primary amides is 1. The van der Waals surface area contributed by atoms with E-state index in [4.69, 9.17) is 10.5 Å². The first kappa shape index (κ1) is 18.6. The third-order valence-corrected chi connectivity index (χ3v) is 5.33. The predicted molar refractivity (Wildman–Crippen MR) is 105 cm³/mol. The zero-order valence-corrected chi connectivity index (χ0v) is 15.9. The molecule has 148 valence electrons. The van der Waals surface area contributed by atoms with E-state index in [0.29, 0.717) is 21.9 Å². The number of aryl methyl sites for hydroxylation is 1. The first-order valence-electron chi connectivity index (χ1n) is 8.50. The van der Waals surface area contributed by atoms with Gasteiger partial charge in [-0.15, -0.1) is 11.3 Å². The number of anilines is 1. The SMILES string of the molecule is Cc1sc2nc(C(=O)NCc3ccc4c(c3)NC(=O)CO4)[nH]c(=O)c2c1C(N)=O. The number of fused-ring (bicyclic) bond motifs is 2. The number of aromatic nitrogens is 2. The fourth-order valence-electron chi connectivity index (χ4n) is 3.03. The van der Waals surface area contributed by atoms with Crippen molar-refractivity contribution in [1.29, 1.82) is 0 Å². The first-order chi connectivity index (χ1) is 13.8. The molecule has 29 heavy (non-hydrogen) atoms. The molecule has 0 fully saturated rings. The van der Waals surface area contributed by atoms with Gasteiger partial charge in [0.05, 0.1) is 16.6 Å². The maximum atomic E-state index is 12.5. The van der Waals surface area contributed by atoms with Gasteiger partial charge in [0, 0.05) is 11.4 Å². The molecule has 0 atom stereocenters. The largest absolute Gasteiger partial charge is 0.482 e. The summed E-state index contributed by atoms with van der Waals surface area (Å²) < 4.78 is 5.29. The van der Waals surface area contributed by atoms with E-state index in [1.54, 1.807) is 25.1 Å². The highest BCUT2D eigenvalue weighted by Crippen LogP contribution is 2.28. The second kappa shape index (κ2) is 7.02. The van der Waals surface area contributed by atoms with Crippen LogP contribution in [0.5, 0.6) is 5.75 Å². The molecule has 5 N–H and O–H groups in total. The van der Waals surface area contributed by atoms with Crippen molar-refractivity contribution in [3.8, 4) is 5.75 Å². The van der Waals surface area contributed by atoms with Gasteiger partial charge in [-0.05, 0) is 24.6 Å². The summed E-state index contributed by atoms with van der Waals surface area (Å²) in [6, 6.07) is 5.13. The molecular weight excluding hydrogens is 398 g/mol. The minimum Gasteiger partial charge on any atom is -0.482 e. The van der Waals surface area contributed by atoms with Crippen LogP contribution in [0.4, 0.5) is 5.69 Å². The molecule has 3 heterocycles. The number of nitrogens with two attached hydrogens (primary N) is 1. The lowest BCUT2D eigenvalue weighted by Crippen LogP contribution is -2.28. The number of carbonyl (C=O) groups excluding carboxylic acids is 3. The summed E-state index contributed by atoms with van der Waals surface area (Å²) in [4.78, 5) is 55.2. The van der Waals surface area contributed by atoms with Gasteiger partial charge in [0.25, 0.3) is 23.3 Å². The van der Waals surface area contributed by atoms with Crippen molar-refractivity contribution in [2.24, 2.45) is 5.73 Å². The van der Waals surface area contributed by atoms with Crippen molar-refractivity contribution in [3.63, 3.8) is 0 Å². The fourth-order valence-corrected chi connectivity index (χ4v) is 4.06. The minimum atomic E-state index is -0.721. The van der Waals surface area contributed by atoms with Gasteiger partial charge in [-0.1, -0.05) is 6.07 Å². The first-order valence-corrected chi connectivity index (χ1v) is 9.32. The van der Waals surface area contributed by atoms with E-state index in [9.17, 15) is 19.2 Å². The topological polar surface area (TPSA) is 156 Å². The van der Waals surface area contributed by atoms with Crippen LogP contribution in [0.1, 0.15) is 31.4 Å². The normalized spacial score (nSPS) is 12.8. The molecule has 1 aromatic carbocycles. The Morgan fingerprint density at radius 3 is 2.90 bits per heavy atom. The van der Waals surface area contributed by atoms with Crippen molar-refractivity contribution in [2.75, 3.05) is 11.9 Å². The Kier molecular flexibility index (Phi) is 4.51. The van der Waals surface area contributed by atoms with Gasteiger partial charge in [0.15, 0.2) is 6.61 Å². The summed E-state index contributed by atoms with van der Waals surface area (Å²) in [6.45, 7) is 1.76. The Hall–Kier alpha value is -3.73. The van der Waals surface area contributed by atoms with Crippen LogP contribution in [0.15, 0.2) is 23.0 Å². The monoisotopic (exact) mass is 413 g/mol. The zero-order chi connectivity index (χ0) is 20.7. The molecule has 4 rings (SSSR count). The van der Waals surface area contributed by atoms with Gasteiger partial charge < -0.3 is 26.1 Å². The number of nitrogens with zero attached hydrogens (tertiary/aromatic N) is 1. The number of benzene rings is 1. The summed E-state index contributed by atoms with van der Waals surface area (Å²) in [5, 5.41) is 5.43. The van der Waals surface area contributed by atoms with Crippen LogP contribution in [0, 0.1) is 6.92 Å². The van der Waals surface area contributed by atoms with E-state index in [-0.39, 0.29) is 40.7 Å². The predicted octanol–water partition coefficient (Wildman–Crippen LogP) is 0.653. The Labute approximate surface area is 167 Å². The number of hydrogen-bond donors (Lipinski definition) is 4. The van der Waals surface area contributed by atoms with Crippen molar-refractivity contribution >= 4 is 45.0 Å². The maximum absolute atomic E-state index is 12.5. The third-order valence-electron chi connectivity index (χ3n) is 4.33. The van der Waals surface area contributed by atoms with E-state index in [1.807, 2.05) is 0 Å². The molecule has 10 nitrogen and oxygen atoms in total. The molecule has 1 aliphatic rings. The molecule has 0 spiro atoms. The van der Waals surface area contributed by atoms with E-state index in [2.05, 4.69) is 20.6 Å². The molecule has 2 aromatic heterocycles. The van der Waals surface area contributed by atoms with Gasteiger partial charge in [0.1, 0.15) is 10.6 Å². The number of hydrogen-bond acceptors (Lipinski definition) is 7. The standard InChI is InChI=1S/C18H15N5O5S/c1-7-12(14(19)25)13-16(26)22-15(23-18(13)29-7)17(27)20-5-8-2-3-10-9(4-8)21-11(24)6-28-10/h2-4H,5-6H2,1H3,(H2,19,25)(H,20,27)(H,21,24)(H,22,23,26).